The van der Waals surface area contributed by atoms with E-state index in [0.29, 0.717) is 17.7 Å². The highest BCUT2D eigenvalue weighted by atomic mass is 16.4. The molecule has 1 heterocycles. The molecular weight excluding hydrogens is 188 g/mol. The van der Waals surface area contributed by atoms with Crippen LogP contribution in [0, 0.1) is 18.3 Å². The first-order valence-corrected chi connectivity index (χ1v) is 5.66. The number of aryl methyl sites for hydroxylation is 1. The molecule has 0 amide bonds. The first kappa shape index (κ1) is 12.2. The second-order valence-electron chi connectivity index (χ2n) is 5.39. The first-order valence-electron chi connectivity index (χ1n) is 5.66. The van der Waals surface area contributed by atoms with Gasteiger partial charge in [-0.3, -0.25) is 0 Å². The second kappa shape index (κ2) is 4.33. The standard InChI is InChI=1S/C12H22N2O/c1-7-8(2)10(12(4,5)6)11-14-13-9(3)15-11/h8,10H,7H2,1-6H3. The normalized spacial score (nSPS) is 16.4. The van der Waals surface area contributed by atoms with Crippen molar-refractivity contribution in [3.8, 4) is 0 Å². The van der Waals surface area contributed by atoms with Gasteiger partial charge in [-0.05, 0) is 11.3 Å². The van der Waals surface area contributed by atoms with Crippen LogP contribution in [0.5, 0.6) is 0 Å². The van der Waals surface area contributed by atoms with Crippen molar-refractivity contribution in [2.45, 2.75) is 53.9 Å². The van der Waals surface area contributed by atoms with E-state index in [1.165, 1.54) is 0 Å². The van der Waals surface area contributed by atoms with E-state index in [4.69, 9.17) is 4.42 Å². The lowest BCUT2D eigenvalue weighted by atomic mass is 9.73. The molecule has 0 aromatic carbocycles. The Hall–Kier alpha value is -0.860. The monoisotopic (exact) mass is 210 g/mol. The highest BCUT2D eigenvalue weighted by molar-refractivity contribution is 4.99. The lowest BCUT2D eigenvalue weighted by Crippen LogP contribution is -2.24. The summed E-state index contributed by atoms with van der Waals surface area (Å²) in [5.74, 6) is 2.34. The summed E-state index contributed by atoms with van der Waals surface area (Å²) in [7, 11) is 0. The van der Waals surface area contributed by atoms with Crippen LogP contribution >= 0.6 is 0 Å². The quantitative estimate of drug-likeness (QED) is 0.765. The summed E-state index contributed by atoms with van der Waals surface area (Å²) in [5, 5.41) is 8.09. The van der Waals surface area contributed by atoms with E-state index in [0.717, 1.165) is 12.3 Å². The van der Waals surface area contributed by atoms with Crippen LogP contribution in [0.3, 0.4) is 0 Å². The first-order chi connectivity index (χ1) is 6.86. The van der Waals surface area contributed by atoms with Gasteiger partial charge in [0.2, 0.25) is 11.8 Å². The predicted molar refractivity (Wildman–Crippen MR) is 60.7 cm³/mol. The topological polar surface area (TPSA) is 38.9 Å². The zero-order chi connectivity index (χ0) is 11.6. The van der Waals surface area contributed by atoms with E-state index in [1.54, 1.807) is 0 Å². The maximum Gasteiger partial charge on any atom is 0.220 e. The van der Waals surface area contributed by atoms with Crippen LogP contribution in [0.1, 0.15) is 58.7 Å². The average Bonchev–Trinajstić information content (AvgIpc) is 2.49. The molecule has 0 bridgehead atoms. The molecule has 1 aromatic rings. The fourth-order valence-corrected chi connectivity index (χ4v) is 2.14. The molecule has 86 valence electrons. The van der Waals surface area contributed by atoms with Crippen molar-refractivity contribution in [3.63, 3.8) is 0 Å². The summed E-state index contributed by atoms with van der Waals surface area (Å²) in [5.41, 5.74) is 0.161. The molecule has 15 heavy (non-hydrogen) atoms. The highest BCUT2D eigenvalue weighted by Crippen LogP contribution is 2.41. The lowest BCUT2D eigenvalue weighted by molar-refractivity contribution is 0.202. The smallest absolute Gasteiger partial charge is 0.220 e. The SMILES string of the molecule is CCC(C)C(c1nnc(C)o1)C(C)(C)C. The van der Waals surface area contributed by atoms with Gasteiger partial charge >= 0.3 is 0 Å². The third-order valence-corrected chi connectivity index (χ3v) is 2.95. The molecular formula is C12H22N2O. The van der Waals surface area contributed by atoms with Crippen LogP contribution in [0.15, 0.2) is 4.42 Å². The number of rotatable bonds is 3. The van der Waals surface area contributed by atoms with Gasteiger partial charge in [0.05, 0.1) is 0 Å². The molecule has 2 atom stereocenters. The average molecular weight is 210 g/mol. The van der Waals surface area contributed by atoms with Crippen LogP contribution in [0.25, 0.3) is 0 Å². The van der Waals surface area contributed by atoms with Crippen molar-refractivity contribution in [1.82, 2.24) is 10.2 Å². The van der Waals surface area contributed by atoms with Gasteiger partial charge in [0, 0.05) is 12.8 Å². The van der Waals surface area contributed by atoms with Gasteiger partial charge in [0.25, 0.3) is 0 Å². The van der Waals surface area contributed by atoms with E-state index in [1.807, 2.05) is 6.92 Å². The summed E-state index contributed by atoms with van der Waals surface area (Å²) in [6.45, 7) is 13.0. The third kappa shape index (κ3) is 2.80. The molecule has 1 rings (SSSR count). The third-order valence-electron chi connectivity index (χ3n) is 2.95. The molecule has 0 saturated heterocycles. The molecule has 0 aliphatic heterocycles. The summed E-state index contributed by atoms with van der Waals surface area (Å²) >= 11 is 0. The van der Waals surface area contributed by atoms with E-state index in [9.17, 15) is 0 Å². The Balaban J connectivity index is 3.01. The van der Waals surface area contributed by atoms with Crippen LogP contribution in [0.4, 0.5) is 0 Å². The molecule has 3 nitrogen and oxygen atoms in total. The van der Waals surface area contributed by atoms with Crippen LogP contribution in [0.2, 0.25) is 0 Å². The fraction of sp³-hybridized carbons (Fsp3) is 0.833. The Bertz CT molecular complexity index is 312. The van der Waals surface area contributed by atoms with E-state index in [2.05, 4.69) is 44.8 Å². The summed E-state index contributed by atoms with van der Waals surface area (Å²) in [4.78, 5) is 0. The Morgan fingerprint density at radius 3 is 2.20 bits per heavy atom. The lowest BCUT2D eigenvalue weighted by Gasteiger charge is -2.32. The highest BCUT2D eigenvalue weighted by Gasteiger charge is 2.34. The second-order valence-corrected chi connectivity index (χ2v) is 5.39. The number of hydrogen-bond donors (Lipinski definition) is 0. The van der Waals surface area contributed by atoms with Gasteiger partial charge < -0.3 is 4.42 Å². The Labute approximate surface area is 92.3 Å². The van der Waals surface area contributed by atoms with Gasteiger partial charge in [-0.1, -0.05) is 41.0 Å². The van der Waals surface area contributed by atoms with Crippen molar-refractivity contribution in [2.24, 2.45) is 11.3 Å². The molecule has 0 fully saturated rings. The van der Waals surface area contributed by atoms with Crippen LogP contribution in [-0.4, -0.2) is 10.2 Å². The van der Waals surface area contributed by atoms with Crippen molar-refractivity contribution >= 4 is 0 Å². The van der Waals surface area contributed by atoms with Crippen LogP contribution < -0.4 is 0 Å². The van der Waals surface area contributed by atoms with Gasteiger partial charge in [0.15, 0.2) is 0 Å². The molecule has 1 aromatic heterocycles. The summed E-state index contributed by atoms with van der Waals surface area (Å²) in [6, 6.07) is 0. The molecule has 0 radical (unpaired) electrons. The molecule has 0 spiro atoms. The van der Waals surface area contributed by atoms with Crippen LogP contribution in [-0.2, 0) is 0 Å². The minimum Gasteiger partial charge on any atom is -0.425 e. The summed E-state index contributed by atoms with van der Waals surface area (Å²) < 4.78 is 5.57. The van der Waals surface area contributed by atoms with E-state index < -0.39 is 0 Å². The maximum absolute atomic E-state index is 5.57. The Kier molecular flexibility index (Phi) is 3.53. The van der Waals surface area contributed by atoms with Crippen molar-refractivity contribution in [1.29, 1.82) is 0 Å². The van der Waals surface area contributed by atoms with Crippen molar-refractivity contribution < 1.29 is 4.42 Å². The molecule has 0 saturated carbocycles. The van der Waals surface area contributed by atoms with Gasteiger partial charge in [0.1, 0.15) is 0 Å². The number of aromatic nitrogens is 2. The Morgan fingerprint density at radius 2 is 1.87 bits per heavy atom. The van der Waals surface area contributed by atoms with Gasteiger partial charge in [-0.25, -0.2) is 0 Å². The minimum absolute atomic E-state index is 0.161. The minimum atomic E-state index is 0.161. The fourth-order valence-electron chi connectivity index (χ4n) is 2.14. The number of hydrogen-bond acceptors (Lipinski definition) is 3. The predicted octanol–water partition coefficient (Wildman–Crippen LogP) is 3.55. The molecule has 3 heteroatoms. The zero-order valence-corrected chi connectivity index (χ0v) is 10.7. The van der Waals surface area contributed by atoms with Gasteiger partial charge in [-0.2, -0.15) is 0 Å². The number of nitrogens with zero attached hydrogens (tertiary/aromatic N) is 2. The van der Waals surface area contributed by atoms with E-state index >= 15 is 0 Å². The van der Waals surface area contributed by atoms with Crippen molar-refractivity contribution in [3.05, 3.63) is 11.8 Å². The molecule has 0 N–H and O–H groups in total. The largest absolute Gasteiger partial charge is 0.425 e. The molecule has 0 aliphatic carbocycles. The van der Waals surface area contributed by atoms with Crippen molar-refractivity contribution in [2.75, 3.05) is 0 Å². The molecule has 0 aliphatic rings. The van der Waals surface area contributed by atoms with Gasteiger partial charge in [-0.15, -0.1) is 10.2 Å². The maximum atomic E-state index is 5.57. The summed E-state index contributed by atoms with van der Waals surface area (Å²) in [6.07, 6.45) is 1.13. The Morgan fingerprint density at radius 1 is 1.27 bits per heavy atom. The zero-order valence-electron chi connectivity index (χ0n) is 10.7. The molecule has 2 unspecified atom stereocenters. The van der Waals surface area contributed by atoms with E-state index in [-0.39, 0.29) is 5.41 Å².